The number of amides is 2. The Bertz CT molecular complexity index is 704. The quantitative estimate of drug-likeness (QED) is 0.666. The average molecular weight is 304 g/mol. The van der Waals surface area contributed by atoms with E-state index in [1.165, 1.54) is 12.1 Å². The predicted molar refractivity (Wildman–Crippen MR) is 79.7 cm³/mol. The Morgan fingerprint density at radius 2 is 2.09 bits per heavy atom. The molecule has 0 spiro atoms. The highest BCUT2D eigenvalue weighted by atomic mass is 16.6. The van der Waals surface area contributed by atoms with Gasteiger partial charge in [-0.2, -0.15) is 0 Å². The van der Waals surface area contributed by atoms with Gasteiger partial charge in [0, 0.05) is 29.4 Å². The molecule has 1 heterocycles. The van der Waals surface area contributed by atoms with Gasteiger partial charge in [0.2, 0.25) is 0 Å². The van der Waals surface area contributed by atoms with Crippen LogP contribution < -0.4 is 10.6 Å². The van der Waals surface area contributed by atoms with Gasteiger partial charge in [0.15, 0.2) is 0 Å². The zero-order chi connectivity index (χ0) is 16.3. The first kappa shape index (κ1) is 15.5. The monoisotopic (exact) mass is 304 g/mol. The predicted octanol–water partition coefficient (Wildman–Crippen LogP) is 2.83. The zero-order valence-corrected chi connectivity index (χ0v) is 12.5. The zero-order valence-electron chi connectivity index (χ0n) is 12.5. The summed E-state index contributed by atoms with van der Waals surface area (Å²) in [5.74, 6) is 0.656. The number of hydrogen-bond acceptors (Lipinski definition) is 5. The standard InChI is InChI=1S/C14H16N4O4/c1-8-6-11(4-5-13(8)18(20)21)16-14(19)15-7-12-9(2)17-22-10(12)3/h4-6H,7H2,1-3H3,(H2,15,16,19). The van der Waals surface area contributed by atoms with E-state index in [9.17, 15) is 14.9 Å². The van der Waals surface area contributed by atoms with Crippen molar-refractivity contribution in [2.24, 2.45) is 0 Å². The molecule has 2 rings (SSSR count). The number of nitrogens with one attached hydrogen (secondary N) is 2. The molecule has 8 nitrogen and oxygen atoms in total. The maximum atomic E-state index is 11.9. The van der Waals surface area contributed by atoms with Gasteiger partial charge in [-0.25, -0.2) is 4.79 Å². The summed E-state index contributed by atoms with van der Waals surface area (Å²) in [6.45, 7) is 5.48. The lowest BCUT2D eigenvalue weighted by Crippen LogP contribution is -2.28. The molecule has 0 radical (unpaired) electrons. The summed E-state index contributed by atoms with van der Waals surface area (Å²) in [5, 5.41) is 19.9. The van der Waals surface area contributed by atoms with Crippen molar-refractivity contribution in [2.45, 2.75) is 27.3 Å². The van der Waals surface area contributed by atoms with Crippen LogP contribution in [0.15, 0.2) is 22.7 Å². The third kappa shape index (κ3) is 3.40. The minimum atomic E-state index is -0.462. The first-order valence-electron chi connectivity index (χ1n) is 6.60. The molecule has 0 unspecified atom stereocenters. The molecule has 0 fully saturated rings. The van der Waals surface area contributed by atoms with E-state index in [1.807, 2.05) is 0 Å². The number of urea groups is 1. The topological polar surface area (TPSA) is 110 Å². The number of anilines is 1. The molecule has 116 valence electrons. The minimum Gasteiger partial charge on any atom is -0.361 e. The maximum absolute atomic E-state index is 11.9. The SMILES string of the molecule is Cc1cc(NC(=O)NCc2c(C)noc2C)ccc1[N+](=O)[O-]. The molecule has 2 aromatic rings. The average Bonchev–Trinajstić information content (AvgIpc) is 2.75. The van der Waals surface area contributed by atoms with Crippen molar-refractivity contribution < 1.29 is 14.2 Å². The molecule has 0 saturated carbocycles. The number of aromatic nitrogens is 1. The van der Waals surface area contributed by atoms with Crippen LogP contribution in [0.25, 0.3) is 0 Å². The van der Waals surface area contributed by atoms with Crippen LogP contribution in [0.5, 0.6) is 0 Å². The van der Waals surface area contributed by atoms with Crippen LogP contribution in [0, 0.1) is 30.9 Å². The summed E-state index contributed by atoms with van der Waals surface area (Å²) in [4.78, 5) is 22.1. The van der Waals surface area contributed by atoms with Gasteiger partial charge in [0.25, 0.3) is 5.69 Å². The summed E-state index contributed by atoms with van der Waals surface area (Å²) in [7, 11) is 0. The van der Waals surface area contributed by atoms with Crippen molar-refractivity contribution in [1.82, 2.24) is 10.5 Å². The largest absolute Gasteiger partial charge is 0.361 e. The van der Waals surface area contributed by atoms with Crippen LogP contribution >= 0.6 is 0 Å². The number of nitro benzene ring substituents is 1. The van der Waals surface area contributed by atoms with Crippen molar-refractivity contribution in [3.63, 3.8) is 0 Å². The molecule has 0 aliphatic carbocycles. The summed E-state index contributed by atoms with van der Waals surface area (Å²) >= 11 is 0. The van der Waals surface area contributed by atoms with Gasteiger partial charge in [-0.1, -0.05) is 5.16 Å². The second-order valence-electron chi connectivity index (χ2n) is 4.87. The first-order chi connectivity index (χ1) is 10.4. The highest BCUT2D eigenvalue weighted by Gasteiger charge is 2.13. The number of nitrogens with zero attached hydrogens (tertiary/aromatic N) is 2. The lowest BCUT2D eigenvalue weighted by molar-refractivity contribution is -0.385. The highest BCUT2D eigenvalue weighted by molar-refractivity contribution is 5.89. The Balaban J connectivity index is 1.98. The molecule has 1 aromatic heterocycles. The Morgan fingerprint density at radius 1 is 1.36 bits per heavy atom. The third-order valence-electron chi connectivity index (χ3n) is 3.26. The summed E-state index contributed by atoms with van der Waals surface area (Å²) < 4.78 is 5.01. The van der Waals surface area contributed by atoms with E-state index in [0.717, 1.165) is 11.3 Å². The van der Waals surface area contributed by atoms with E-state index < -0.39 is 11.0 Å². The Morgan fingerprint density at radius 3 is 2.64 bits per heavy atom. The van der Waals surface area contributed by atoms with E-state index in [4.69, 9.17) is 4.52 Å². The van der Waals surface area contributed by atoms with Crippen LogP contribution in [0.2, 0.25) is 0 Å². The Kier molecular flexibility index (Phi) is 4.40. The van der Waals surface area contributed by atoms with Gasteiger partial charge in [-0.05, 0) is 32.9 Å². The maximum Gasteiger partial charge on any atom is 0.319 e. The number of rotatable bonds is 4. The van der Waals surface area contributed by atoms with Gasteiger partial charge in [-0.15, -0.1) is 0 Å². The number of nitro groups is 1. The van der Waals surface area contributed by atoms with E-state index in [-0.39, 0.29) is 5.69 Å². The Labute approximate surface area is 126 Å². The molecule has 2 N–H and O–H groups in total. The summed E-state index contributed by atoms with van der Waals surface area (Å²) in [6.07, 6.45) is 0. The lowest BCUT2D eigenvalue weighted by Gasteiger charge is -2.08. The van der Waals surface area contributed by atoms with Gasteiger partial charge < -0.3 is 15.2 Å². The summed E-state index contributed by atoms with van der Waals surface area (Å²) in [6, 6.07) is 3.99. The van der Waals surface area contributed by atoms with E-state index in [1.54, 1.807) is 26.8 Å². The number of carbonyl (C=O) groups excluding carboxylic acids is 1. The first-order valence-corrected chi connectivity index (χ1v) is 6.60. The second kappa shape index (κ2) is 6.25. The van der Waals surface area contributed by atoms with Crippen LogP contribution in [-0.2, 0) is 6.54 Å². The van der Waals surface area contributed by atoms with Crippen molar-refractivity contribution >= 4 is 17.4 Å². The number of hydrogen-bond donors (Lipinski definition) is 2. The number of benzene rings is 1. The highest BCUT2D eigenvalue weighted by Crippen LogP contribution is 2.21. The van der Waals surface area contributed by atoms with Crippen LogP contribution in [0.3, 0.4) is 0 Å². The normalized spacial score (nSPS) is 10.3. The number of aryl methyl sites for hydroxylation is 3. The van der Waals surface area contributed by atoms with Gasteiger partial charge in [-0.3, -0.25) is 10.1 Å². The van der Waals surface area contributed by atoms with Gasteiger partial charge in [0.05, 0.1) is 10.6 Å². The fourth-order valence-corrected chi connectivity index (χ4v) is 2.04. The van der Waals surface area contributed by atoms with Crippen LogP contribution in [0.4, 0.5) is 16.2 Å². The van der Waals surface area contributed by atoms with E-state index in [2.05, 4.69) is 15.8 Å². The lowest BCUT2D eigenvalue weighted by atomic mass is 10.2. The molecule has 0 saturated heterocycles. The van der Waals surface area contributed by atoms with Crippen molar-refractivity contribution in [3.8, 4) is 0 Å². The molecule has 1 aromatic carbocycles. The molecular weight excluding hydrogens is 288 g/mol. The van der Waals surface area contributed by atoms with Crippen molar-refractivity contribution in [2.75, 3.05) is 5.32 Å². The van der Waals surface area contributed by atoms with E-state index >= 15 is 0 Å². The third-order valence-corrected chi connectivity index (χ3v) is 3.26. The molecule has 22 heavy (non-hydrogen) atoms. The Hall–Kier alpha value is -2.90. The van der Waals surface area contributed by atoms with Gasteiger partial charge in [0.1, 0.15) is 5.76 Å². The molecule has 0 atom stereocenters. The van der Waals surface area contributed by atoms with E-state index in [0.29, 0.717) is 23.6 Å². The minimum absolute atomic E-state index is 0.0154. The second-order valence-corrected chi connectivity index (χ2v) is 4.87. The smallest absolute Gasteiger partial charge is 0.319 e. The molecule has 0 aliphatic heterocycles. The number of carbonyl (C=O) groups is 1. The summed E-state index contributed by atoms with van der Waals surface area (Å²) in [5.41, 5.74) is 2.54. The molecule has 0 aliphatic rings. The van der Waals surface area contributed by atoms with Crippen LogP contribution in [-0.4, -0.2) is 16.1 Å². The fourth-order valence-electron chi connectivity index (χ4n) is 2.04. The molecule has 0 bridgehead atoms. The van der Waals surface area contributed by atoms with Crippen LogP contribution in [0.1, 0.15) is 22.6 Å². The van der Waals surface area contributed by atoms with Crippen molar-refractivity contribution in [1.29, 1.82) is 0 Å². The van der Waals surface area contributed by atoms with Gasteiger partial charge >= 0.3 is 6.03 Å². The van der Waals surface area contributed by atoms with Crippen molar-refractivity contribution in [3.05, 3.63) is 50.9 Å². The molecule has 2 amide bonds. The molecular formula is C14H16N4O4. The fraction of sp³-hybridized carbons (Fsp3) is 0.286. The molecule has 8 heteroatoms.